The standard InChI is InChI=1S/C14H20N6O4S2/c1-19(2)13-16-10(17-14(18-13)20(3)4)8-15-26(22,23)9-6-7-25-11(9)12(21)24-5/h6-7,15H,8H2,1-5H3. The number of rotatable bonds is 7. The number of nitrogens with one attached hydrogen (secondary N) is 1. The van der Waals surface area contributed by atoms with Gasteiger partial charge in [0.2, 0.25) is 21.9 Å². The predicted octanol–water partition coefficient (Wildman–Crippen LogP) is 0.330. The van der Waals surface area contributed by atoms with E-state index in [-0.39, 0.29) is 22.1 Å². The van der Waals surface area contributed by atoms with Gasteiger partial charge >= 0.3 is 5.97 Å². The summed E-state index contributed by atoms with van der Waals surface area (Å²) in [5.74, 6) is 0.364. The molecule has 0 unspecified atom stereocenters. The zero-order chi connectivity index (χ0) is 19.5. The summed E-state index contributed by atoms with van der Waals surface area (Å²) in [7, 11) is 4.36. The summed E-state index contributed by atoms with van der Waals surface area (Å²) in [6, 6.07) is 1.35. The highest BCUT2D eigenvalue weighted by molar-refractivity contribution is 7.89. The molecule has 0 bridgehead atoms. The van der Waals surface area contributed by atoms with Crippen LogP contribution in [0.2, 0.25) is 0 Å². The van der Waals surface area contributed by atoms with Crippen LogP contribution in [0.5, 0.6) is 0 Å². The van der Waals surface area contributed by atoms with Gasteiger partial charge in [-0.15, -0.1) is 11.3 Å². The number of carbonyl (C=O) groups is 1. The van der Waals surface area contributed by atoms with E-state index in [4.69, 9.17) is 0 Å². The Balaban J connectivity index is 2.28. The summed E-state index contributed by atoms with van der Waals surface area (Å²) in [5, 5.41) is 1.51. The van der Waals surface area contributed by atoms with Gasteiger partial charge in [-0.1, -0.05) is 0 Å². The molecule has 2 rings (SSSR count). The number of sulfonamides is 1. The Kier molecular flexibility index (Phi) is 6.10. The quantitative estimate of drug-likeness (QED) is 0.656. The summed E-state index contributed by atoms with van der Waals surface area (Å²) < 4.78 is 32.1. The molecule has 0 amide bonds. The first-order valence-corrected chi connectivity index (χ1v) is 9.77. The highest BCUT2D eigenvalue weighted by Crippen LogP contribution is 2.23. The maximum atomic E-state index is 12.5. The van der Waals surface area contributed by atoms with E-state index in [2.05, 4.69) is 24.4 Å². The van der Waals surface area contributed by atoms with Gasteiger partial charge in [0, 0.05) is 28.2 Å². The zero-order valence-electron chi connectivity index (χ0n) is 15.0. The normalized spacial score (nSPS) is 11.3. The van der Waals surface area contributed by atoms with Crippen LogP contribution in [0, 0.1) is 0 Å². The first-order chi connectivity index (χ1) is 12.2. The molecule has 0 aliphatic heterocycles. The lowest BCUT2D eigenvalue weighted by atomic mass is 10.5. The predicted molar refractivity (Wildman–Crippen MR) is 98.2 cm³/mol. The fraction of sp³-hybridized carbons (Fsp3) is 0.429. The minimum atomic E-state index is -3.94. The number of esters is 1. The summed E-state index contributed by atoms with van der Waals surface area (Å²) in [6.07, 6.45) is 0. The van der Waals surface area contributed by atoms with Crippen LogP contribution >= 0.6 is 11.3 Å². The molecule has 0 aliphatic rings. The van der Waals surface area contributed by atoms with E-state index in [9.17, 15) is 13.2 Å². The molecular weight excluding hydrogens is 380 g/mol. The van der Waals surface area contributed by atoms with Crippen molar-refractivity contribution in [3.63, 3.8) is 0 Å². The van der Waals surface area contributed by atoms with Crippen molar-refractivity contribution in [1.29, 1.82) is 0 Å². The number of hydrogen-bond donors (Lipinski definition) is 1. The average Bonchev–Trinajstić information content (AvgIpc) is 3.09. The molecule has 12 heteroatoms. The lowest BCUT2D eigenvalue weighted by Gasteiger charge is -2.16. The van der Waals surface area contributed by atoms with E-state index >= 15 is 0 Å². The van der Waals surface area contributed by atoms with Gasteiger partial charge in [0.15, 0.2) is 5.82 Å². The molecule has 0 saturated carbocycles. The van der Waals surface area contributed by atoms with E-state index in [0.29, 0.717) is 11.9 Å². The van der Waals surface area contributed by atoms with Crippen molar-refractivity contribution in [3.05, 3.63) is 22.1 Å². The number of hydrogen-bond acceptors (Lipinski definition) is 10. The fourth-order valence-electron chi connectivity index (χ4n) is 1.86. The van der Waals surface area contributed by atoms with Gasteiger partial charge in [0.25, 0.3) is 0 Å². The van der Waals surface area contributed by atoms with Gasteiger partial charge in [-0.3, -0.25) is 0 Å². The van der Waals surface area contributed by atoms with Crippen LogP contribution in [0.1, 0.15) is 15.5 Å². The first kappa shape index (κ1) is 20.0. The first-order valence-electron chi connectivity index (χ1n) is 7.40. The Morgan fingerprint density at radius 1 is 1.15 bits per heavy atom. The smallest absolute Gasteiger partial charge is 0.349 e. The molecule has 0 saturated heterocycles. The van der Waals surface area contributed by atoms with Crippen molar-refractivity contribution in [2.24, 2.45) is 0 Å². The van der Waals surface area contributed by atoms with Gasteiger partial charge in [-0.05, 0) is 11.4 Å². The Labute approximate surface area is 155 Å². The summed E-state index contributed by atoms with van der Waals surface area (Å²) >= 11 is 0.995. The molecule has 0 aromatic carbocycles. The molecule has 2 heterocycles. The second kappa shape index (κ2) is 7.93. The molecule has 1 N–H and O–H groups in total. The van der Waals surface area contributed by atoms with Crippen molar-refractivity contribution < 1.29 is 17.9 Å². The van der Waals surface area contributed by atoms with Gasteiger partial charge < -0.3 is 14.5 Å². The van der Waals surface area contributed by atoms with Crippen LogP contribution < -0.4 is 14.5 Å². The largest absolute Gasteiger partial charge is 0.465 e. The maximum absolute atomic E-state index is 12.5. The number of aromatic nitrogens is 3. The number of methoxy groups -OCH3 is 1. The molecule has 142 valence electrons. The average molecular weight is 400 g/mol. The Hall–Kier alpha value is -2.31. The van der Waals surface area contributed by atoms with E-state index in [1.54, 1.807) is 38.0 Å². The third kappa shape index (κ3) is 4.45. The molecule has 0 spiro atoms. The van der Waals surface area contributed by atoms with Crippen LogP contribution in [0.3, 0.4) is 0 Å². The Bertz CT molecular complexity index is 868. The van der Waals surface area contributed by atoms with E-state index in [1.807, 2.05) is 0 Å². The Morgan fingerprint density at radius 3 is 2.23 bits per heavy atom. The van der Waals surface area contributed by atoms with E-state index in [1.165, 1.54) is 18.6 Å². The molecular formula is C14H20N6O4S2. The number of carbonyl (C=O) groups excluding carboxylic acids is 1. The lowest BCUT2D eigenvalue weighted by Crippen LogP contribution is -2.27. The number of nitrogens with zero attached hydrogens (tertiary/aromatic N) is 5. The number of anilines is 2. The van der Waals surface area contributed by atoms with Gasteiger partial charge in [-0.25, -0.2) is 17.9 Å². The summed E-state index contributed by atoms with van der Waals surface area (Å²) in [6.45, 7) is -0.150. The Morgan fingerprint density at radius 2 is 1.73 bits per heavy atom. The zero-order valence-corrected chi connectivity index (χ0v) is 16.7. The van der Waals surface area contributed by atoms with Crippen molar-refractivity contribution in [3.8, 4) is 0 Å². The monoisotopic (exact) mass is 400 g/mol. The third-order valence-electron chi connectivity index (χ3n) is 3.17. The van der Waals surface area contributed by atoms with Crippen molar-refractivity contribution >= 4 is 39.2 Å². The third-order valence-corrected chi connectivity index (χ3v) is 5.64. The molecule has 10 nitrogen and oxygen atoms in total. The van der Waals surface area contributed by atoms with Crippen LogP contribution in [-0.4, -0.2) is 64.6 Å². The number of thiophene rings is 1. The van der Waals surface area contributed by atoms with Crippen molar-refractivity contribution in [2.75, 3.05) is 45.1 Å². The second-order valence-corrected chi connectivity index (χ2v) is 8.22. The topological polar surface area (TPSA) is 118 Å². The van der Waals surface area contributed by atoms with Crippen LogP contribution in [0.4, 0.5) is 11.9 Å². The number of ether oxygens (including phenoxy) is 1. The van der Waals surface area contributed by atoms with Crippen LogP contribution in [-0.2, 0) is 21.3 Å². The fourth-order valence-corrected chi connectivity index (χ4v) is 4.18. The molecule has 2 aromatic rings. The minimum Gasteiger partial charge on any atom is -0.465 e. The molecule has 0 atom stereocenters. The molecule has 26 heavy (non-hydrogen) atoms. The second-order valence-electron chi connectivity index (χ2n) is 5.57. The molecule has 0 aliphatic carbocycles. The minimum absolute atomic E-state index is 0.0126. The maximum Gasteiger partial charge on any atom is 0.349 e. The summed E-state index contributed by atoms with van der Waals surface area (Å²) in [5.41, 5.74) is 0. The lowest BCUT2D eigenvalue weighted by molar-refractivity contribution is 0.0602. The SMILES string of the molecule is COC(=O)c1sccc1S(=O)(=O)NCc1nc(N(C)C)nc(N(C)C)n1. The summed E-state index contributed by atoms with van der Waals surface area (Å²) in [4.78, 5) is 27.7. The molecule has 0 fully saturated rings. The van der Waals surface area contributed by atoms with Crippen molar-refractivity contribution in [2.45, 2.75) is 11.4 Å². The van der Waals surface area contributed by atoms with Crippen LogP contribution in [0.15, 0.2) is 16.3 Å². The molecule has 0 radical (unpaired) electrons. The van der Waals surface area contributed by atoms with Gasteiger partial charge in [0.05, 0.1) is 13.7 Å². The van der Waals surface area contributed by atoms with Gasteiger partial charge in [0.1, 0.15) is 9.77 Å². The molecule has 2 aromatic heterocycles. The van der Waals surface area contributed by atoms with E-state index in [0.717, 1.165) is 11.3 Å². The highest BCUT2D eigenvalue weighted by atomic mass is 32.2. The van der Waals surface area contributed by atoms with Crippen LogP contribution in [0.25, 0.3) is 0 Å². The highest BCUT2D eigenvalue weighted by Gasteiger charge is 2.25. The van der Waals surface area contributed by atoms with Gasteiger partial charge in [-0.2, -0.15) is 15.0 Å². The van der Waals surface area contributed by atoms with E-state index < -0.39 is 16.0 Å². The van der Waals surface area contributed by atoms with Crippen molar-refractivity contribution in [1.82, 2.24) is 19.7 Å².